The van der Waals surface area contributed by atoms with Crippen LogP contribution >= 0.6 is 23.2 Å². The molecule has 3 aromatic carbocycles. The van der Waals surface area contributed by atoms with E-state index in [1.54, 1.807) is 81.4 Å². The first kappa shape index (κ1) is 27.4. The minimum atomic E-state index is -1.11. The highest BCUT2D eigenvalue weighted by molar-refractivity contribution is 6.32. The van der Waals surface area contributed by atoms with E-state index in [9.17, 15) is 14.4 Å². The molecule has 1 fully saturated rings. The van der Waals surface area contributed by atoms with Gasteiger partial charge in [0.05, 0.1) is 18.9 Å². The van der Waals surface area contributed by atoms with Gasteiger partial charge >= 0.3 is 18.0 Å². The van der Waals surface area contributed by atoms with Gasteiger partial charge in [0, 0.05) is 15.7 Å². The van der Waals surface area contributed by atoms with E-state index < -0.39 is 29.8 Å². The van der Waals surface area contributed by atoms with Gasteiger partial charge in [0.2, 0.25) is 0 Å². The second-order valence-electron chi connectivity index (χ2n) is 9.06. The third-order valence-corrected chi connectivity index (χ3v) is 6.40. The number of nitrogens with one attached hydrogen (secondary N) is 1. The van der Waals surface area contributed by atoms with Crippen LogP contribution in [0.3, 0.4) is 0 Å². The van der Waals surface area contributed by atoms with Crippen LogP contribution in [0.1, 0.15) is 38.1 Å². The third-order valence-electron chi connectivity index (χ3n) is 5.93. The normalized spacial score (nSPS) is 15.9. The number of imide groups is 1. The summed E-state index contributed by atoms with van der Waals surface area (Å²) in [4.78, 5) is 41.6. The van der Waals surface area contributed by atoms with Crippen LogP contribution in [0.15, 0.2) is 72.8 Å². The van der Waals surface area contributed by atoms with Crippen molar-refractivity contribution in [2.75, 3.05) is 16.4 Å². The highest BCUT2D eigenvalue weighted by atomic mass is 35.5. The van der Waals surface area contributed by atoms with Crippen molar-refractivity contribution in [2.24, 2.45) is 0 Å². The van der Waals surface area contributed by atoms with Gasteiger partial charge in [0.15, 0.2) is 5.60 Å². The topological polar surface area (TPSA) is 88.2 Å². The van der Waals surface area contributed by atoms with Crippen LogP contribution in [0.4, 0.5) is 21.0 Å². The van der Waals surface area contributed by atoms with Crippen molar-refractivity contribution in [3.63, 3.8) is 0 Å². The van der Waals surface area contributed by atoms with Crippen LogP contribution in [0.5, 0.6) is 0 Å². The van der Waals surface area contributed by atoms with Gasteiger partial charge in [0.1, 0.15) is 6.17 Å². The summed E-state index contributed by atoms with van der Waals surface area (Å²) in [6.07, 6.45) is -0.810. The van der Waals surface area contributed by atoms with Gasteiger partial charge in [-0.2, -0.15) is 0 Å². The van der Waals surface area contributed by atoms with Crippen molar-refractivity contribution in [3.8, 4) is 0 Å². The Kier molecular flexibility index (Phi) is 8.26. The van der Waals surface area contributed by atoms with Crippen molar-refractivity contribution in [1.29, 1.82) is 0 Å². The van der Waals surface area contributed by atoms with E-state index in [1.807, 2.05) is 12.1 Å². The van der Waals surface area contributed by atoms with Crippen LogP contribution in [0.25, 0.3) is 0 Å². The summed E-state index contributed by atoms with van der Waals surface area (Å²) >= 11 is 12.4. The molecular weight excluding hydrogens is 529 g/mol. The van der Waals surface area contributed by atoms with E-state index >= 15 is 0 Å². The molecule has 4 amide bonds. The molecule has 1 N–H and O–H groups in total. The maximum Gasteiger partial charge on any atom is 0.339 e. The van der Waals surface area contributed by atoms with Gasteiger partial charge in [-0.25, -0.2) is 19.3 Å². The predicted molar refractivity (Wildman–Crippen MR) is 146 cm³/mol. The van der Waals surface area contributed by atoms with Crippen molar-refractivity contribution >= 4 is 52.6 Å². The number of anilines is 2. The number of hydrogen-bond acceptors (Lipinski definition) is 5. The lowest BCUT2D eigenvalue weighted by molar-refractivity contribution is -0.169. The molecule has 4 rings (SSSR count). The number of rotatable bonds is 8. The Bertz CT molecular complexity index is 1350. The summed E-state index contributed by atoms with van der Waals surface area (Å²) in [5, 5.41) is 3.75. The highest BCUT2D eigenvalue weighted by Gasteiger charge is 2.41. The Morgan fingerprint density at radius 2 is 1.55 bits per heavy atom. The molecule has 1 heterocycles. The number of halogens is 2. The van der Waals surface area contributed by atoms with Gasteiger partial charge < -0.3 is 14.8 Å². The molecule has 1 saturated heterocycles. The fraction of sp³-hybridized carbons (Fsp3) is 0.250. The molecule has 0 spiro atoms. The summed E-state index contributed by atoms with van der Waals surface area (Å²) in [6, 6.07) is 19.4. The van der Waals surface area contributed by atoms with Crippen molar-refractivity contribution in [3.05, 3.63) is 94.0 Å². The van der Waals surface area contributed by atoms with Crippen LogP contribution in [-0.2, 0) is 20.9 Å². The molecule has 1 aliphatic rings. The van der Waals surface area contributed by atoms with Gasteiger partial charge in [-0.1, -0.05) is 59.6 Å². The van der Waals surface area contributed by atoms with E-state index in [0.717, 1.165) is 10.5 Å². The lowest BCUT2D eigenvalue weighted by Crippen LogP contribution is -2.61. The molecule has 1 aliphatic heterocycles. The Morgan fingerprint density at radius 3 is 2.16 bits per heavy atom. The Morgan fingerprint density at radius 1 is 0.947 bits per heavy atom. The molecule has 8 nitrogen and oxygen atoms in total. The SMILES string of the molecule is CCOC(=O)C(C)(C)OCc1ccc(C2NC(=O)N(c3cccc(Cl)c3)C(=O)N2c2cccc(Cl)c2)cc1. The molecule has 38 heavy (non-hydrogen) atoms. The number of nitrogens with zero attached hydrogens (tertiary/aromatic N) is 2. The monoisotopic (exact) mass is 555 g/mol. The largest absolute Gasteiger partial charge is 0.464 e. The first-order chi connectivity index (χ1) is 18.1. The minimum absolute atomic E-state index is 0.169. The lowest BCUT2D eigenvalue weighted by atomic mass is 10.1. The molecule has 1 atom stereocenters. The third kappa shape index (κ3) is 5.93. The smallest absolute Gasteiger partial charge is 0.339 e. The second kappa shape index (κ2) is 11.4. The van der Waals surface area contributed by atoms with Gasteiger partial charge in [-0.15, -0.1) is 0 Å². The first-order valence-corrected chi connectivity index (χ1v) is 12.7. The molecule has 0 bridgehead atoms. The number of amides is 4. The van der Waals surface area contributed by atoms with Gasteiger partial charge in [0.25, 0.3) is 0 Å². The van der Waals surface area contributed by atoms with E-state index in [2.05, 4.69) is 5.32 Å². The number of hydrogen-bond donors (Lipinski definition) is 1. The van der Waals surface area contributed by atoms with Gasteiger partial charge in [-0.3, -0.25) is 4.90 Å². The number of carbonyl (C=O) groups excluding carboxylic acids is 3. The second-order valence-corrected chi connectivity index (χ2v) is 9.93. The zero-order chi connectivity index (χ0) is 27.4. The van der Waals surface area contributed by atoms with E-state index in [-0.39, 0.29) is 13.2 Å². The Balaban J connectivity index is 1.62. The fourth-order valence-electron chi connectivity index (χ4n) is 3.94. The summed E-state index contributed by atoms with van der Waals surface area (Å²) in [5.41, 5.74) is 1.19. The summed E-state index contributed by atoms with van der Waals surface area (Å²) in [6.45, 7) is 5.48. The number of urea groups is 2. The van der Waals surface area contributed by atoms with Crippen molar-refractivity contribution in [2.45, 2.75) is 39.1 Å². The average molecular weight is 556 g/mol. The molecule has 0 aromatic heterocycles. The van der Waals surface area contributed by atoms with E-state index in [0.29, 0.717) is 27.0 Å². The molecule has 3 aromatic rings. The van der Waals surface area contributed by atoms with Crippen molar-refractivity contribution in [1.82, 2.24) is 5.32 Å². The molecule has 1 unspecified atom stereocenters. The highest BCUT2D eigenvalue weighted by Crippen LogP contribution is 2.34. The first-order valence-electron chi connectivity index (χ1n) is 12.0. The fourth-order valence-corrected chi connectivity index (χ4v) is 4.30. The van der Waals surface area contributed by atoms with Crippen LogP contribution in [-0.4, -0.2) is 30.2 Å². The Hall–Kier alpha value is -3.59. The standard InChI is InChI=1S/C28H27Cl2N3O5/c1-4-37-25(34)28(2,3)38-17-18-11-13-19(14-12-18)24-31-26(35)33(23-10-6-8-21(30)16-23)27(36)32(24)22-9-5-7-20(29)15-22/h5-16,24H,4,17H2,1-3H3,(H,31,35). The van der Waals surface area contributed by atoms with Crippen LogP contribution < -0.4 is 15.1 Å². The molecule has 0 aliphatic carbocycles. The molecular formula is C28H27Cl2N3O5. The molecule has 10 heteroatoms. The number of ether oxygens (including phenoxy) is 2. The summed E-state index contributed by atoms with van der Waals surface area (Å²) < 4.78 is 10.8. The molecule has 0 radical (unpaired) electrons. The van der Waals surface area contributed by atoms with Crippen LogP contribution in [0, 0.1) is 0 Å². The Labute approximate surface area is 231 Å². The zero-order valence-corrected chi connectivity index (χ0v) is 22.6. The molecule has 198 valence electrons. The maximum absolute atomic E-state index is 13.8. The average Bonchev–Trinajstić information content (AvgIpc) is 2.88. The summed E-state index contributed by atoms with van der Waals surface area (Å²) in [5.74, 6) is -0.443. The quantitative estimate of drug-likeness (QED) is 0.312. The number of esters is 1. The van der Waals surface area contributed by atoms with E-state index in [1.165, 1.54) is 4.90 Å². The lowest BCUT2D eigenvalue weighted by Gasteiger charge is -2.41. The maximum atomic E-state index is 13.8. The van der Waals surface area contributed by atoms with E-state index in [4.69, 9.17) is 32.7 Å². The van der Waals surface area contributed by atoms with Crippen LogP contribution in [0.2, 0.25) is 10.0 Å². The number of benzene rings is 3. The number of carbonyl (C=O) groups is 3. The minimum Gasteiger partial charge on any atom is -0.464 e. The van der Waals surface area contributed by atoms with Gasteiger partial charge in [-0.05, 0) is 68.3 Å². The predicted octanol–water partition coefficient (Wildman–Crippen LogP) is 6.71. The zero-order valence-electron chi connectivity index (χ0n) is 21.1. The molecule has 0 saturated carbocycles. The van der Waals surface area contributed by atoms with Crippen molar-refractivity contribution < 1.29 is 23.9 Å². The summed E-state index contributed by atoms with van der Waals surface area (Å²) in [7, 11) is 0.